The fourth-order valence-corrected chi connectivity index (χ4v) is 3.89. The number of nitrogens with zero attached hydrogens (tertiary/aromatic N) is 5. The molecule has 1 saturated heterocycles. The maximum absolute atomic E-state index is 14.4. The number of anilines is 2. The van der Waals surface area contributed by atoms with Crippen molar-refractivity contribution in [1.29, 1.82) is 5.53 Å². The minimum atomic E-state index is -3.18. The van der Waals surface area contributed by atoms with Crippen LogP contribution in [0, 0.1) is 5.53 Å². The fraction of sp³-hybridized carbons (Fsp3) is 0.381. The van der Waals surface area contributed by atoms with Crippen molar-refractivity contribution in [3.63, 3.8) is 0 Å². The second-order valence-electron chi connectivity index (χ2n) is 7.94. The fourth-order valence-electron chi connectivity index (χ4n) is 3.89. The summed E-state index contributed by atoms with van der Waals surface area (Å²) in [7, 11) is 1.36. The average molecular weight is 494 g/mol. The summed E-state index contributed by atoms with van der Waals surface area (Å²) in [5, 5.41) is 12.8. The maximum atomic E-state index is 14.4. The van der Waals surface area contributed by atoms with E-state index in [1.165, 1.54) is 24.6 Å². The van der Waals surface area contributed by atoms with Crippen LogP contribution in [-0.4, -0.2) is 70.5 Å². The molecular formula is C21H22F4N8O2. The lowest BCUT2D eigenvalue weighted by atomic mass is 10.1. The number of halogens is 4. The van der Waals surface area contributed by atoms with Crippen molar-refractivity contribution in [3.05, 3.63) is 30.5 Å². The molecule has 0 unspecified atom stereocenters. The van der Waals surface area contributed by atoms with Crippen LogP contribution in [0.4, 0.5) is 34.9 Å². The standard InChI is InChI=1S/C21H22F4N8O2/c1-11(34)32-9-16(21(24,25)10-32)28-20-29-19(35-2)18-13(5-6-33(18)31-20)12-3-4-14(30-26)15(7-12)27-8-17(22)23/h3-7,16-17,26-27H,8-10H2,1-2H3,(H,28,31)/t16-/m1/s1. The smallest absolute Gasteiger partial charge is 0.286 e. The third-order valence-corrected chi connectivity index (χ3v) is 5.61. The quantitative estimate of drug-likeness (QED) is 0.321. The van der Waals surface area contributed by atoms with Gasteiger partial charge < -0.3 is 20.3 Å². The Kier molecular flexibility index (Phi) is 6.45. The zero-order valence-electron chi connectivity index (χ0n) is 18.7. The van der Waals surface area contributed by atoms with Crippen molar-refractivity contribution < 1.29 is 27.1 Å². The van der Waals surface area contributed by atoms with E-state index in [9.17, 15) is 22.4 Å². The van der Waals surface area contributed by atoms with E-state index < -0.39 is 37.4 Å². The molecule has 1 fully saturated rings. The Labute approximate surface area is 196 Å². The molecule has 3 aromatic rings. The van der Waals surface area contributed by atoms with Crippen molar-refractivity contribution in [2.45, 2.75) is 25.3 Å². The first-order chi connectivity index (χ1) is 16.6. The van der Waals surface area contributed by atoms with Crippen LogP contribution in [0.5, 0.6) is 5.88 Å². The summed E-state index contributed by atoms with van der Waals surface area (Å²) in [6, 6.07) is 5.02. The van der Waals surface area contributed by atoms with Crippen LogP contribution in [-0.2, 0) is 4.79 Å². The van der Waals surface area contributed by atoms with E-state index in [1.807, 2.05) is 0 Å². The number of alkyl halides is 4. The van der Waals surface area contributed by atoms with Crippen LogP contribution >= 0.6 is 0 Å². The molecule has 1 aliphatic rings. The number of amides is 1. The molecule has 0 bridgehead atoms. The molecular weight excluding hydrogens is 472 g/mol. The monoisotopic (exact) mass is 494 g/mol. The Bertz CT molecular complexity index is 1270. The molecule has 4 rings (SSSR count). The SMILES string of the molecule is COc1nc(N[C@@H]2CN(C(C)=O)CC2(F)F)nn2ccc(-c3ccc(N=N)c(NCC(F)F)c3)c12. The van der Waals surface area contributed by atoms with Gasteiger partial charge in [0, 0.05) is 25.2 Å². The van der Waals surface area contributed by atoms with Crippen molar-refractivity contribution in [2.75, 3.05) is 37.4 Å². The first kappa shape index (κ1) is 24.2. The molecule has 1 aromatic carbocycles. The highest BCUT2D eigenvalue weighted by molar-refractivity contribution is 5.87. The van der Waals surface area contributed by atoms with Gasteiger partial charge in [0.25, 0.3) is 12.3 Å². The molecule has 10 nitrogen and oxygen atoms in total. The Morgan fingerprint density at radius 2 is 2.14 bits per heavy atom. The van der Waals surface area contributed by atoms with Gasteiger partial charge in [0.15, 0.2) is 0 Å². The summed E-state index contributed by atoms with van der Waals surface area (Å²) in [6.45, 7) is -0.290. The summed E-state index contributed by atoms with van der Waals surface area (Å²) in [5.41, 5.74) is 9.27. The molecule has 0 saturated carbocycles. The number of ether oxygens (including phenoxy) is 1. The minimum absolute atomic E-state index is 0.0867. The summed E-state index contributed by atoms with van der Waals surface area (Å²) in [5.74, 6) is -3.66. The number of carbonyl (C=O) groups excluding carboxylic acids is 1. The number of nitrogens with one attached hydrogen (secondary N) is 3. The Morgan fingerprint density at radius 1 is 1.37 bits per heavy atom. The van der Waals surface area contributed by atoms with Gasteiger partial charge in [-0.15, -0.1) is 5.10 Å². The Balaban J connectivity index is 1.69. The van der Waals surface area contributed by atoms with Gasteiger partial charge >= 0.3 is 0 Å². The average Bonchev–Trinajstić information content (AvgIpc) is 3.37. The first-order valence-corrected chi connectivity index (χ1v) is 10.5. The van der Waals surface area contributed by atoms with E-state index in [-0.39, 0.29) is 29.7 Å². The largest absolute Gasteiger partial charge is 0.479 e. The summed E-state index contributed by atoms with van der Waals surface area (Å²) in [4.78, 5) is 16.8. The second kappa shape index (κ2) is 9.35. The summed E-state index contributed by atoms with van der Waals surface area (Å²) in [6.07, 6.45) is -1.02. The predicted molar refractivity (Wildman–Crippen MR) is 119 cm³/mol. The number of methoxy groups -OCH3 is 1. The second-order valence-corrected chi connectivity index (χ2v) is 7.94. The molecule has 0 aliphatic carbocycles. The third-order valence-electron chi connectivity index (χ3n) is 5.61. The highest BCUT2D eigenvalue weighted by Gasteiger charge is 2.49. The van der Waals surface area contributed by atoms with Crippen molar-refractivity contribution in [3.8, 4) is 17.0 Å². The number of benzene rings is 1. The molecule has 0 spiro atoms. The molecule has 2 aromatic heterocycles. The predicted octanol–water partition coefficient (Wildman–Crippen LogP) is 4.02. The molecule has 1 amide bonds. The number of hydrogen-bond donors (Lipinski definition) is 3. The number of aromatic nitrogens is 3. The molecule has 1 aliphatic heterocycles. The minimum Gasteiger partial charge on any atom is -0.479 e. The lowest BCUT2D eigenvalue weighted by molar-refractivity contribution is -0.129. The van der Waals surface area contributed by atoms with E-state index in [1.54, 1.807) is 24.4 Å². The number of hydrogen-bond acceptors (Lipinski definition) is 8. The van der Waals surface area contributed by atoms with Gasteiger partial charge in [-0.2, -0.15) is 10.1 Å². The number of carbonyl (C=O) groups is 1. The van der Waals surface area contributed by atoms with Crippen LogP contribution < -0.4 is 15.4 Å². The van der Waals surface area contributed by atoms with E-state index >= 15 is 0 Å². The first-order valence-electron chi connectivity index (χ1n) is 10.5. The van der Waals surface area contributed by atoms with Crippen LogP contribution in [0.3, 0.4) is 0 Å². The highest BCUT2D eigenvalue weighted by atomic mass is 19.3. The summed E-state index contributed by atoms with van der Waals surface area (Å²) < 4.78 is 61.0. The van der Waals surface area contributed by atoms with Crippen molar-refractivity contribution in [1.82, 2.24) is 19.5 Å². The van der Waals surface area contributed by atoms with Gasteiger partial charge in [0.1, 0.15) is 17.2 Å². The highest BCUT2D eigenvalue weighted by Crippen LogP contribution is 2.36. The molecule has 14 heteroatoms. The molecule has 1 atom stereocenters. The number of fused-ring (bicyclic) bond motifs is 1. The van der Waals surface area contributed by atoms with Crippen molar-refractivity contribution >= 4 is 28.7 Å². The van der Waals surface area contributed by atoms with Crippen LogP contribution in [0.15, 0.2) is 35.6 Å². The topological polar surface area (TPSA) is 120 Å². The van der Waals surface area contributed by atoms with E-state index in [0.717, 1.165) is 4.90 Å². The van der Waals surface area contributed by atoms with Gasteiger partial charge in [0.2, 0.25) is 17.7 Å². The molecule has 35 heavy (non-hydrogen) atoms. The van der Waals surface area contributed by atoms with E-state index in [0.29, 0.717) is 16.6 Å². The molecule has 186 valence electrons. The third kappa shape index (κ3) is 4.81. The zero-order chi connectivity index (χ0) is 25.3. The van der Waals surface area contributed by atoms with Gasteiger partial charge in [-0.25, -0.2) is 27.6 Å². The Morgan fingerprint density at radius 3 is 2.77 bits per heavy atom. The lowest BCUT2D eigenvalue weighted by Gasteiger charge is -2.19. The van der Waals surface area contributed by atoms with Gasteiger partial charge in [-0.3, -0.25) is 4.79 Å². The lowest BCUT2D eigenvalue weighted by Crippen LogP contribution is -2.38. The Hall–Kier alpha value is -3.97. The van der Waals surface area contributed by atoms with Gasteiger partial charge in [0.05, 0.1) is 25.9 Å². The van der Waals surface area contributed by atoms with Crippen LogP contribution in [0.2, 0.25) is 0 Å². The van der Waals surface area contributed by atoms with Crippen molar-refractivity contribution in [2.24, 2.45) is 5.11 Å². The van der Waals surface area contributed by atoms with Gasteiger partial charge in [-0.1, -0.05) is 6.07 Å². The van der Waals surface area contributed by atoms with Gasteiger partial charge in [-0.05, 0) is 23.8 Å². The number of likely N-dealkylation sites (tertiary alicyclic amines) is 1. The molecule has 3 heterocycles. The van der Waals surface area contributed by atoms with Crippen LogP contribution in [0.1, 0.15) is 6.92 Å². The maximum Gasteiger partial charge on any atom is 0.286 e. The number of rotatable bonds is 8. The van der Waals surface area contributed by atoms with E-state index in [2.05, 4.69) is 25.8 Å². The van der Waals surface area contributed by atoms with E-state index in [4.69, 9.17) is 10.3 Å². The normalized spacial score (nSPS) is 17.1. The molecule has 3 N–H and O–H groups in total. The molecule has 0 radical (unpaired) electrons. The summed E-state index contributed by atoms with van der Waals surface area (Å²) >= 11 is 0. The van der Waals surface area contributed by atoms with Crippen LogP contribution in [0.25, 0.3) is 16.6 Å². The zero-order valence-corrected chi connectivity index (χ0v) is 18.7.